The molecular formula is C24H23N3O2S. The number of thioether (sulfide) groups is 1. The first-order valence-corrected chi connectivity index (χ1v) is 10.9. The molecule has 1 unspecified atom stereocenters. The van der Waals surface area contributed by atoms with E-state index in [9.17, 15) is 4.79 Å². The van der Waals surface area contributed by atoms with Crippen LogP contribution in [0.5, 0.6) is 5.88 Å². The lowest BCUT2D eigenvalue weighted by Gasteiger charge is -2.32. The van der Waals surface area contributed by atoms with Gasteiger partial charge >= 0.3 is 0 Å². The van der Waals surface area contributed by atoms with E-state index < -0.39 is 0 Å². The Morgan fingerprint density at radius 2 is 2.20 bits per heavy atom. The van der Waals surface area contributed by atoms with Crippen molar-refractivity contribution in [3.63, 3.8) is 0 Å². The third-order valence-corrected chi connectivity index (χ3v) is 6.93. The van der Waals surface area contributed by atoms with E-state index in [0.29, 0.717) is 11.1 Å². The Bertz CT molecular complexity index is 1180. The Kier molecular flexibility index (Phi) is 4.87. The molecule has 0 amide bonds. The Balaban J connectivity index is 1.56. The zero-order chi connectivity index (χ0) is 20.7. The summed E-state index contributed by atoms with van der Waals surface area (Å²) in [5.41, 5.74) is 6.69. The Morgan fingerprint density at radius 1 is 1.30 bits per heavy atom. The van der Waals surface area contributed by atoms with E-state index in [1.165, 1.54) is 11.1 Å². The van der Waals surface area contributed by atoms with Gasteiger partial charge in [-0.15, -0.1) is 11.8 Å². The molecule has 3 aromatic rings. The summed E-state index contributed by atoms with van der Waals surface area (Å²) in [5, 5.41) is 3.70. The molecule has 1 aromatic carbocycles. The molecule has 5 rings (SSSR count). The van der Waals surface area contributed by atoms with Crippen LogP contribution in [0.25, 0.3) is 10.9 Å². The van der Waals surface area contributed by atoms with Crippen molar-refractivity contribution in [2.75, 3.05) is 25.1 Å². The Labute approximate surface area is 180 Å². The highest BCUT2D eigenvalue weighted by atomic mass is 32.2. The molecule has 0 saturated carbocycles. The number of aromatic nitrogens is 2. The van der Waals surface area contributed by atoms with Gasteiger partial charge in [-0.1, -0.05) is 24.3 Å². The second kappa shape index (κ2) is 7.69. The van der Waals surface area contributed by atoms with Crippen LogP contribution in [0.2, 0.25) is 0 Å². The number of nitrogens with zero attached hydrogens (tertiary/aromatic N) is 3. The van der Waals surface area contributed by atoms with Gasteiger partial charge in [0.15, 0.2) is 6.29 Å². The quantitative estimate of drug-likeness (QED) is 0.577. The zero-order valence-corrected chi connectivity index (χ0v) is 17.9. The highest BCUT2D eigenvalue weighted by Crippen LogP contribution is 2.38. The number of pyridine rings is 1. The normalized spacial score (nSPS) is 17.9. The smallest absolute Gasteiger partial charge is 0.212 e. The molecule has 1 atom stereocenters. The van der Waals surface area contributed by atoms with Crippen molar-refractivity contribution < 1.29 is 9.53 Å². The number of hydrogen-bond donors (Lipinski definition) is 0. The molecule has 0 bridgehead atoms. The number of rotatable bonds is 5. The molecule has 5 nitrogen and oxygen atoms in total. The predicted molar refractivity (Wildman–Crippen MR) is 123 cm³/mol. The van der Waals surface area contributed by atoms with Gasteiger partial charge in [0.25, 0.3) is 0 Å². The first kappa shape index (κ1) is 19.0. The summed E-state index contributed by atoms with van der Waals surface area (Å²) in [6, 6.07) is 8.29. The third kappa shape index (κ3) is 3.21. The van der Waals surface area contributed by atoms with Crippen LogP contribution in [-0.2, 0) is 13.5 Å². The molecule has 0 N–H and O–H groups in total. The van der Waals surface area contributed by atoms with Gasteiger partial charge < -0.3 is 14.2 Å². The van der Waals surface area contributed by atoms with Crippen molar-refractivity contribution >= 4 is 34.6 Å². The molecule has 30 heavy (non-hydrogen) atoms. The maximum Gasteiger partial charge on any atom is 0.212 e. The van der Waals surface area contributed by atoms with E-state index in [1.807, 2.05) is 43.3 Å². The number of allylic oxidation sites excluding steroid dienone is 1. The third-order valence-electron chi connectivity index (χ3n) is 5.89. The molecule has 152 valence electrons. The lowest BCUT2D eigenvalue weighted by molar-refractivity contribution is 0.112. The highest BCUT2D eigenvalue weighted by molar-refractivity contribution is 8.03. The van der Waals surface area contributed by atoms with Crippen molar-refractivity contribution in [3.05, 3.63) is 76.5 Å². The minimum Gasteiger partial charge on any atom is -0.481 e. The molecule has 0 fully saturated rings. The van der Waals surface area contributed by atoms with Crippen LogP contribution in [0.4, 0.5) is 5.69 Å². The molecule has 0 spiro atoms. The molecule has 2 aromatic heterocycles. The van der Waals surface area contributed by atoms with Crippen LogP contribution in [0.3, 0.4) is 0 Å². The number of ether oxygens (including phenoxy) is 1. The topological polar surface area (TPSA) is 47.4 Å². The fourth-order valence-corrected chi connectivity index (χ4v) is 5.46. The minimum atomic E-state index is 0.474. The van der Waals surface area contributed by atoms with Gasteiger partial charge in [-0.2, -0.15) is 0 Å². The van der Waals surface area contributed by atoms with Crippen LogP contribution >= 0.6 is 11.8 Å². The van der Waals surface area contributed by atoms with Crippen LogP contribution in [0.15, 0.2) is 59.8 Å². The summed E-state index contributed by atoms with van der Waals surface area (Å²) in [5.74, 6) is 0.609. The first-order chi connectivity index (χ1) is 14.7. The van der Waals surface area contributed by atoms with E-state index in [-0.39, 0.29) is 0 Å². The second-order valence-corrected chi connectivity index (χ2v) is 8.82. The second-order valence-electron chi connectivity index (χ2n) is 7.70. The number of aldehydes is 1. The molecule has 0 aliphatic carbocycles. The lowest BCUT2D eigenvalue weighted by atomic mass is 9.99. The standard InChI is InChI=1S/C24H23N3O2S/c1-26-13-19(15-28)23-20(27-9-7-17-8-10-30-21(17)14-27)5-4-18(24(23)26)11-16-3-6-22(29-2)25-12-16/h3-8,10,12-13,15,21H,9,11,14H2,1-2H3. The monoisotopic (exact) mass is 417 g/mol. The number of benzene rings is 1. The van der Waals surface area contributed by atoms with Gasteiger partial charge in [0, 0.05) is 61.7 Å². The van der Waals surface area contributed by atoms with E-state index in [0.717, 1.165) is 53.5 Å². The number of anilines is 1. The number of aryl methyl sites for hydroxylation is 1. The fourth-order valence-electron chi connectivity index (χ4n) is 4.43. The molecule has 0 saturated heterocycles. The van der Waals surface area contributed by atoms with Crippen molar-refractivity contribution in [1.29, 1.82) is 0 Å². The minimum absolute atomic E-state index is 0.474. The lowest BCUT2D eigenvalue weighted by Crippen LogP contribution is -2.35. The molecule has 4 heterocycles. The average molecular weight is 418 g/mol. The van der Waals surface area contributed by atoms with E-state index in [1.54, 1.807) is 7.11 Å². The maximum absolute atomic E-state index is 11.9. The summed E-state index contributed by atoms with van der Waals surface area (Å²) in [4.78, 5) is 18.6. The number of fused-ring (bicyclic) bond motifs is 2. The summed E-state index contributed by atoms with van der Waals surface area (Å²) in [6.45, 7) is 1.81. The largest absolute Gasteiger partial charge is 0.481 e. The Hall–Kier alpha value is -2.99. The van der Waals surface area contributed by atoms with Gasteiger partial charge in [-0.05, 0) is 28.2 Å². The van der Waals surface area contributed by atoms with E-state index >= 15 is 0 Å². The molecule has 2 aliphatic rings. The summed E-state index contributed by atoms with van der Waals surface area (Å²) < 4.78 is 7.24. The average Bonchev–Trinajstić information content (AvgIpc) is 3.38. The van der Waals surface area contributed by atoms with E-state index in [4.69, 9.17) is 4.74 Å². The number of carbonyl (C=O) groups is 1. The SMILES string of the molecule is COc1ccc(Cc2ccc(N3CC=C4C=CSC4C3)c3c(C=O)cn(C)c23)cn1. The van der Waals surface area contributed by atoms with Gasteiger partial charge in [0.05, 0.1) is 17.9 Å². The van der Waals surface area contributed by atoms with Crippen molar-refractivity contribution in [3.8, 4) is 5.88 Å². The molecule has 0 radical (unpaired) electrons. The fraction of sp³-hybridized carbons (Fsp3) is 0.250. The van der Waals surface area contributed by atoms with Crippen molar-refractivity contribution in [1.82, 2.24) is 9.55 Å². The Morgan fingerprint density at radius 3 is 2.97 bits per heavy atom. The summed E-state index contributed by atoms with van der Waals surface area (Å²) in [7, 11) is 3.63. The molecule has 6 heteroatoms. The van der Waals surface area contributed by atoms with Gasteiger partial charge in [-0.3, -0.25) is 4.79 Å². The van der Waals surface area contributed by atoms with Gasteiger partial charge in [0.2, 0.25) is 5.88 Å². The molecular weight excluding hydrogens is 394 g/mol. The number of carbonyl (C=O) groups excluding carboxylic acids is 1. The molecule has 2 aliphatic heterocycles. The first-order valence-electron chi connectivity index (χ1n) is 10.00. The van der Waals surface area contributed by atoms with Crippen molar-refractivity contribution in [2.24, 2.45) is 7.05 Å². The summed E-state index contributed by atoms with van der Waals surface area (Å²) in [6.07, 6.45) is 10.0. The predicted octanol–water partition coefficient (Wildman–Crippen LogP) is 4.36. The highest BCUT2D eigenvalue weighted by Gasteiger charge is 2.26. The van der Waals surface area contributed by atoms with Crippen LogP contribution in [0, 0.1) is 0 Å². The van der Waals surface area contributed by atoms with Gasteiger partial charge in [-0.25, -0.2) is 4.98 Å². The number of methoxy groups -OCH3 is 1. The maximum atomic E-state index is 11.9. The number of hydrogen-bond acceptors (Lipinski definition) is 5. The van der Waals surface area contributed by atoms with E-state index in [2.05, 4.69) is 44.1 Å². The van der Waals surface area contributed by atoms with Crippen LogP contribution < -0.4 is 9.64 Å². The summed E-state index contributed by atoms with van der Waals surface area (Å²) >= 11 is 1.87. The van der Waals surface area contributed by atoms with Crippen LogP contribution in [0.1, 0.15) is 21.5 Å². The zero-order valence-electron chi connectivity index (χ0n) is 17.0. The van der Waals surface area contributed by atoms with Crippen LogP contribution in [-0.4, -0.2) is 41.3 Å². The van der Waals surface area contributed by atoms with Gasteiger partial charge in [0.1, 0.15) is 0 Å². The van der Waals surface area contributed by atoms with Crippen molar-refractivity contribution in [2.45, 2.75) is 11.7 Å².